The predicted molar refractivity (Wildman–Crippen MR) is 90.7 cm³/mol. The Hall–Kier alpha value is -2.79. The summed E-state index contributed by atoms with van der Waals surface area (Å²) in [5.74, 6) is 2.43. The minimum atomic E-state index is -0.262. The lowest BCUT2D eigenvalue weighted by molar-refractivity contribution is -0.120. The molecule has 3 aliphatic heterocycles. The lowest BCUT2D eigenvalue weighted by Crippen LogP contribution is -2.32. The Kier molecular flexibility index (Phi) is 3.12. The fourth-order valence-electron chi connectivity index (χ4n) is 3.92. The number of hydrogen-bond acceptors (Lipinski definition) is 5. The van der Waals surface area contributed by atoms with Crippen molar-refractivity contribution in [2.75, 3.05) is 13.9 Å². The van der Waals surface area contributed by atoms with Crippen LogP contribution in [0.1, 0.15) is 28.8 Å². The molecule has 0 radical (unpaired) electrons. The van der Waals surface area contributed by atoms with E-state index in [1.807, 2.05) is 42.5 Å². The number of rotatable bonds is 3. The van der Waals surface area contributed by atoms with Crippen LogP contribution in [0.15, 0.2) is 48.6 Å². The van der Waals surface area contributed by atoms with Crippen molar-refractivity contribution in [3.63, 3.8) is 0 Å². The second-order valence-corrected chi connectivity index (χ2v) is 6.46. The molecule has 0 spiro atoms. The molecule has 0 amide bonds. The Morgan fingerprint density at radius 3 is 2.56 bits per heavy atom. The number of methoxy groups -OCH3 is 1. The van der Waals surface area contributed by atoms with Crippen molar-refractivity contribution in [3.8, 4) is 17.2 Å². The standard InChI is InChI=1S/C20H17NO4/c1-23-13-4-2-12(3-5-13)10-21-16-6-7-17(22)20(21)15-9-19-18(8-14(15)16)24-11-25-19/h2-9,16,20H,10-11H2,1H3. The van der Waals surface area contributed by atoms with Crippen LogP contribution >= 0.6 is 0 Å². The van der Waals surface area contributed by atoms with Gasteiger partial charge in [0.25, 0.3) is 0 Å². The normalized spacial score (nSPS) is 23.0. The molecule has 0 aliphatic carbocycles. The monoisotopic (exact) mass is 335 g/mol. The van der Waals surface area contributed by atoms with Gasteiger partial charge in [0.1, 0.15) is 5.75 Å². The second kappa shape index (κ2) is 5.36. The average Bonchev–Trinajstić information content (AvgIpc) is 3.16. The summed E-state index contributed by atoms with van der Waals surface area (Å²) in [4.78, 5) is 14.8. The summed E-state index contributed by atoms with van der Waals surface area (Å²) >= 11 is 0. The molecule has 0 saturated carbocycles. The molecule has 2 bridgehead atoms. The molecule has 3 heterocycles. The van der Waals surface area contributed by atoms with Gasteiger partial charge in [0.2, 0.25) is 6.79 Å². The van der Waals surface area contributed by atoms with Crippen LogP contribution < -0.4 is 14.2 Å². The van der Waals surface area contributed by atoms with Crippen LogP contribution in [0.25, 0.3) is 0 Å². The van der Waals surface area contributed by atoms with Crippen molar-refractivity contribution in [2.24, 2.45) is 0 Å². The molecule has 126 valence electrons. The van der Waals surface area contributed by atoms with E-state index in [4.69, 9.17) is 14.2 Å². The molecule has 0 saturated heterocycles. The van der Waals surface area contributed by atoms with Gasteiger partial charge in [-0.3, -0.25) is 9.69 Å². The van der Waals surface area contributed by atoms with E-state index >= 15 is 0 Å². The Morgan fingerprint density at radius 1 is 1.12 bits per heavy atom. The molecular weight excluding hydrogens is 318 g/mol. The third-order valence-corrected chi connectivity index (χ3v) is 5.12. The van der Waals surface area contributed by atoms with E-state index < -0.39 is 0 Å². The summed E-state index contributed by atoms with van der Waals surface area (Å²) in [6.07, 6.45) is 3.68. The molecule has 3 aliphatic rings. The number of ether oxygens (including phenoxy) is 3. The van der Waals surface area contributed by atoms with Crippen molar-refractivity contribution in [2.45, 2.75) is 18.6 Å². The maximum Gasteiger partial charge on any atom is 0.231 e. The first-order chi connectivity index (χ1) is 12.2. The van der Waals surface area contributed by atoms with Gasteiger partial charge >= 0.3 is 0 Å². The van der Waals surface area contributed by atoms with Crippen LogP contribution in [-0.2, 0) is 11.3 Å². The minimum Gasteiger partial charge on any atom is -0.497 e. The largest absolute Gasteiger partial charge is 0.497 e. The smallest absolute Gasteiger partial charge is 0.231 e. The summed E-state index contributed by atoms with van der Waals surface area (Å²) < 4.78 is 16.2. The van der Waals surface area contributed by atoms with Gasteiger partial charge in [0.15, 0.2) is 17.3 Å². The highest BCUT2D eigenvalue weighted by molar-refractivity contribution is 5.98. The fourth-order valence-corrected chi connectivity index (χ4v) is 3.92. The summed E-state index contributed by atoms with van der Waals surface area (Å²) in [5.41, 5.74) is 3.30. The molecule has 2 atom stereocenters. The first kappa shape index (κ1) is 14.5. The molecule has 0 fully saturated rings. The van der Waals surface area contributed by atoms with Crippen molar-refractivity contribution in [3.05, 3.63) is 65.2 Å². The zero-order valence-electron chi connectivity index (χ0n) is 13.8. The van der Waals surface area contributed by atoms with Crippen LogP contribution in [0, 0.1) is 0 Å². The zero-order chi connectivity index (χ0) is 17.0. The highest BCUT2D eigenvalue weighted by Crippen LogP contribution is 2.51. The van der Waals surface area contributed by atoms with Crippen LogP contribution in [0.4, 0.5) is 0 Å². The summed E-state index contributed by atoms with van der Waals surface area (Å²) in [6, 6.07) is 11.8. The summed E-state index contributed by atoms with van der Waals surface area (Å²) in [5, 5.41) is 0. The number of hydrogen-bond donors (Lipinski definition) is 0. The highest BCUT2D eigenvalue weighted by Gasteiger charge is 2.44. The molecule has 5 rings (SSSR count). The van der Waals surface area contributed by atoms with E-state index in [0.29, 0.717) is 6.54 Å². The van der Waals surface area contributed by atoms with E-state index in [1.165, 1.54) is 0 Å². The summed E-state index contributed by atoms with van der Waals surface area (Å²) in [7, 11) is 1.66. The summed E-state index contributed by atoms with van der Waals surface area (Å²) in [6.45, 7) is 0.934. The number of carbonyl (C=O) groups is 1. The SMILES string of the molecule is COc1ccc(CN2C3C=CC(=O)C2c2cc4c(cc23)OCO4)cc1. The number of nitrogens with zero attached hydrogens (tertiary/aromatic N) is 1. The maximum atomic E-state index is 12.6. The van der Waals surface area contributed by atoms with E-state index in [2.05, 4.69) is 4.90 Å². The molecule has 5 heteroatoms. The average molecular weight is 335 g/mol. The lowest BCUT2D eigenvalue weighted by atomic mass is 10.0. The van der Waals surface area contributed by atoms with Gasteiger partial charge in [-0.15, -0.1) is 0 Å². The van der Waals surface area contributed by atoms with Gasteiger partial charge in [0.05, 0.1) is 19.2 Å². The number of benzene rings is 2. The van der Waals surface area contributed by atoms with Crippen LogP contribution in [0.5, 0.6) is 17.2 Å². The van der Waals surface area contributed by atoms with Crippen molar-refractivity contribution in [1.82, 2.24) is 4.90 Å². The quantitative estimate of drug-likeness (QED) is 0.862. The molecular formula is C20H17NO4. The number of fused-ring (bicyclic) bond motifs is 6. The Bertz CT molecular complexity index is 887. The van der Waals surface area contributed by atoms with E-state index in [0.717, 1.165) is 33.9 Å². The van der Waals surface area contributed by atoms with E-state index in [-0.39, 0.29) is 24.7 Å². The van der Waals surface area contributed by atoms with Crippen LogP contribution in [0.3, 0.4) is 0 Å². The van der Waals surface area contributed by atoms with Gasteiger partial charge in [-0.05, 0) is 47.0 Å². The third-order valence-electron chi connectivity index (χ3n) is 5.12. The third kappa shape index (κ3) is 2.16. The molecule has 0 N–H and O–H groups in total. The number of carbonyl (C=O) groups excluding carboxylic acids is 1. The van der Waals surface area contributed by atoms with Gasteiger partial charge in [-0.25, -0.2) is 0 Å². The van der Waals surface area contributed by atoms with Crippen molar-refractivity contribution in [1.29, 1.82) is 0 Å². The van der Waals surface area contributed by atoms with Gasteiger partial charge < -0.3 is 14.2 Å². The Balaban J connectivity index is 1.53. The van der Waals surface area contributed by atoms with Gasteiger partial charge in [-0.2, -0.15) is 0 Å². The maximum absolute atomic E-state index is 12.6. The first-order valence-corrected chi connectivity index (χ1v) is 8.29. The second-order valence-electron chi connectivity index (χ2n) is 6.46. The van der Waals surface area contributed by atoms with Crippen LogP contribution in [0.2, 0.25) is 0 Å². The topological polar surface area (TPSA) is 48.0 Å². The molecule has 0 aromatic heterocycles. The molecule has 2 aromatic rings. The zero-order valence-corrected chi connectivity index (χ0v) is 13.8. The van der Waals surface area contributed by atoms with E-state index in [1.54, 1.807) is 13.2 Å². The molecule has 5 nitrogen and oxygen atoms in total. The molecule has 2 unspecified atom stereocenters. The Morgan fingerprint density at radius 2 is 1.84 bits per heavy atom. The lowest BCUT2D eigenvalue weighted by Gasteiger charge is -2.30. The van der Waals surface area contributed by atoms with E-state index in [9.17, 15) is 4.79 Å². The Labute approximate surface area is 145 Å². The van der Waals surface area contributed by atoms with Gasteiger partial charge in [0, 0.05) is 6.54 Å². The molecule has 2 aromatic carbocycles. The fraction of sp³-hybridized carbons (Fsp3) is 0.250. The van der Waals surface area contributed by atoms with Crippen molar-refractivity contribution >= 4 is 5.78 Å². The molecule has 25 heavy (non-hydrogen) atoms. The first-order valence-electron chi connectivity index (χ1n) is 8.29. The minimum absolute atomic E-state index is 0.0781. The predicted octanol–water partition coefficient (Wildman–Crippen LogP) is 3.16. The number of ketones is 1. The van der Waals surface area contributed by atoms with Crippen molar-refractivity contribution < 1.29 is 19.0 Å². The van der Waals surface area contributed by atoms with Crippen LogP contribution in [-0.4, -0.2) is 24.6 Å². The highest BCUT2D eigenvalue weighted by atomic mass is 16.7. The van der Waals surface area contributed by atoms with Gasteiger partial charge in [-0.1, -0.05) is 18.2 Å².